The first-order chi connectivity index (χ1) is 20.1. The van der Waals surface area contributed by atoms with Crippen molar-refractivity contribution in [3.05, 3.63) is 131 Å². The average molecular weight is 591 g/mol. The Balaban J connectivity index is 1.06. The van der Waals surface area contributed by atoms with E-state index in [1.54, 1.807) is 36.3 Å². The Bertz CT molecular complexity index is 1650. The zero-order valence-corrected chi connectivity index (χ0v) is 23.9. The molecule has 6 nitrogen and oxygen atoms in total. The van der Waals surface area contributed by atoms with Gasteiger partial charge in [0.15, 0.2) is 0 Å². The molecule has 0 unspecified atom stereocenters. The molecular weight excluding hydrogens is 569 g/mol. The molecule has 4 heterocycles. The lowest BCUT2D eigenvalue weighted by Crippen LogP contribution is -2.10. The first kappa shape index (κ1) is 26.6. The van der Waals surface area contributed by atoms with Gasteiger partial charge in [-0.2, -0.15) is 0 Å². The maximum Gasteiger partial charge on any atom is 0.266 e. The Labute approximate surface area is 249 Å². The number of hydrogen-bond acceptors (Lipinski definition) is 7. The predicted molar refractivity (Wildman–Crippen MR) is 168 cm³/mol. The van der Waals surface area contributed by atoms with E-state index in [1.165, 1.54) is 22.7 Å². The molecule has 4 aromatic heterocycles. The van der Waals surface area contributed by atoms with Crippen LogP contribution >= 0.6 is 34.4 Å². The largest absolute Gasteiger partial charge is 0.306 e. The van der Waals surface area contributed by atoms with Crippen LogP contribution in [-0.4, -0.2) is 21.8 Å². The fourth-order valence-corrected chi connectivity index (χ4v) is 6.60. The van der Waals surface area contributed by atoms with Gasteiger partial charge in [0.1, 0.15) is 11.6 Å². The third-order valence-electron chi connectivity index (χ3n) is 5.99. The summed E-state index contributed by atoms with van der Waals surface area (Å²) in [5, 5.41) is 5.65. The van der Waals surface area contributed by atoms with Crippen LogP contribution in [0.2, 0.25) is 0 Å². The minimum atomic E-state index is -0.165. The smallest absolute Gasteiger partial charge is 0.266 e. The minimum absolute atomic E-state index is 0.165. The van der Waals surface area contributed by atoms with Gasteiger partial charge in [0, 0.05) is 31.9 Å². The van der Waals surface area contributed by atoms with E-state index in [2.05, 4.69) is 69.1 Å². The molecular formula is C32H22N4O2S3. The summed E-state index contributed by atoms with van der Waals surface area (Å²) < 4.78 is 0. The average Bonchev–Trinajstić information content (AvgIpc) is 3.71. The minimum Gasteiger partial charge on any atom is -0.306 e. The molecule has 2 amide bonds. The Morgan fingerprint density at radius 2 is 0.976 bits per heavy atom. The molecule has 0 spiro atoms. The molecule has 9 heteroatoms. The van der Waals surface area contributed by atoms with Gasteiger partial charge in [-0.15, -0.1) is 22.7 Å². The lowest BCUT2D eigenvalue weighted by Gasteiger charge is -2.05. The second-order valence-electron chi connectivity index (χ2n) is 8.82. The summed E-state index contributed by atoms with van der Waals surface area (Å²) in [5.74, 6) is 0.737. The zero-order chi connectivity index (χ0) is 28.0. The summed E-state index contributed by atoms with van der Waals surface area (Å²) in [5.41, 5.74) is 2.12. The number of amides is 2. The van der Waals surface area contributed by atoms with Crippen molar-refractivity contribution in [3.8, 4) is 20.9 Å². The van der Waals surface area contributed by atoms with Crippen LogP contribution in [0.25, 0.3) is 20.9 Å². The summed E-state index contributed by atoms with van der Waals surface area (Å²) in [6.45, 7) is 0. The molecule has 0 bridgehead atoms. The van der Waals surface area contributed by atoms with Gasteiger partial charge < -0.3 is 10.6 Å². The first-order valence-corrected chi connectivity index (χ1v) is 15.1. The van der Waals surface area contributed by atoms with E-state index in [4.69, 9.17) is 0 Å². The molecule has 0 aliphatic carbocycles. The van der Waals surface area contributed by atoms with Crippen molar-refractivity contribution in [2.24, 2.45) is 0 Å². The molecule has 0 aliphatic heterocycles. The molecule has 200 valence electrons. The van der Waals surface area contributed by atoms with E-state index < -0.39 is 0 Å². The first-order valence-electron chi connectivity index (χ1n) is 12.6. The third-order valence-corrected chi connectivity index (χ3v) is 9.27. The molecule has 6 rings (SSSR count). The molecule has 41 heavy (non-hydrogen) atoms. The summed E-state index contributed by atoms with van der Waals surface area (Å²) >= 11 is 4.59. The van der Waals surface area contributed by atoms with Crippen LogP contribution in [0.3, 0.4) is 0 Å². The molecule has 2 aromatic carbocycles. The fourth-order valence-electron chi connectivity index (χ4n) is 3.97. The quantitative estimate of drug-likeness (QED) is 0.185. The summed E-state index contributed by atoms with van der Waals surface area (Å²) in [7, 11) is 0. The number of aromatic nitrogens is 2. The lowest BCUT2D eigenvalue weighted by atomic mass is 10.2. The van der Waals surface area contributed by atoms with Crippen molar-refractivity contribution < 1.29 is 9.59 Å². The Morgan fingerprint density at radius 1 is 0.537 bits per heavy atom. The van der Waals surface area contributed by atoms with Crippen molar-refractivity contribution >= 4 is 57.9 Å². The topological polar surface area (TPSA) is 84.0 Å². The molecule has 0 saturated carbocycles. The van der Waals surface area contributed by atoms with Crippen molar-refractivity contribution in [3.63, 3.8) is 0 Å². The van der Waals surface area contributed by atoms with E-state index in [9.17, 15) is 9.59 Å². The highest BCUT2D eigenvalue weighted by Crippen LogP contribution is 2.35. The molecule has 0 saturated heterocycles. The molecule has 2 N–H and O–H groups in total. The van der Waals surface area contributed by atoms with Crippen LogP contribution in [0.5, 0.6) is 0 Å². The van der Waals surface area contributed by atoms with Crippen LogP contribution in [0, 0.1) is 0 Å². The van der Waals surface area contributed by atoms with Crippen molar-refractivity contribution in [1.29, 1.82) is 0 Å². The summed E-state index contributed by atoms with van der Waals surface area (Å²) in [6.07, 6.45) is 3.30. The molecule has 0 fully saturated rings. The fraction of sp³-hybridized carbons (Fsp3) is 0. The van der Waals surface area contributed by atoms with E-state index >= 15 is 0 Å². The van der Waals surface area contributed by atoms with Crippen molar-refractivity contribution in [2.45, 2.75) is 9.79 Å². The van der Waals surface area contributed by atoms with Gasteiger partial charge >= 0.3 is 0 Å². The van der Waals surface area contributed by atoms with Gasteiger partial charge in [-0.25, -0.2) is 9.97 Å². The van der Waals surface area contributed by atoms with E-state index in [1.807, 2.05) is 48.5 Å². The number of thiophene rings is 2. The van der Waals surface area contributed by atoms with E-state index in [0.29, 0.717) is 21.4 Å². The molecule has 0 radical (unpaired) electrons. The van der Waals surface area contributed by atoms with Gasteiger partial charge in [-0.05, 0) is 83.9 Å². The zero-order valence-electron chi connectivity index (χ0n) is 21.5. The van der Waals surface area contributed by atoms with Crippen molar-refractivity contribution in [2.75, 3.05) is 10.6 Å². The summed E-state index contributed by atoms with van der Waals surface area (Å²) in [4.78, 5) is 39.0. The second-order valence-corrected chi connectivity index (χ2v) is 12.1. The Hall–Kier alpha value is -4.57. The lowest BCUT2D eigenvalue weighted by molar-refractivity contribution is 0.102. The van der Waals surface area contributed by atoms with Crippen LogP contribution in [0.1, 0.15) is 19.3 Å². The van der Waals surface area contributed by atoms with Gasteiger partial charge in [0.05, 0.1) is 9.75 Å². The number of pyridine rings is 2. The van der Waals surface area contributed by atoms with Crippen LogP contribution < -0.4 is 10.6 Å². The van der Waals surface area contributed by atoms with E-state index in [-0.39, 0.29) is 11.8 Å². The number of nitrogens with zero attached hydrogens (tertiary/aromatic N) is 2. The molecule has 0 atom stereocenters. The number of rotatable bonds is 8. The standard InChI is InChI=1S/C32H22N4O2S3/c37-31(35-29-5-1-3-19-33-29)27-17-15-25(40-27)21-7-11-23(12-8-21)39-24-13-9-22(10-14-24)26-16-18-28(41-26)32(38)36-30-6-2-4-20-34-30/h1-20H,(H,33,35,37)(H,34,36,38). The Morgan fingerprint density at radius 3 is 1.37 bits per heavy atom. The predicted octanol–water partition coefficient (Wildman–Crippen LogP) is 8.59. The number of carbonyl (C=O) groups excluding carboxylic acids is 2. The summed E-state index contributed by atoms with van der Waals surface area (Å²) in [6, 6.07) is 35.1. The normalized spacial score (nSPS) is 10.7. The van der Waals surface area contributed by atoms with Crippen LogP contribution in [-0.2, 0) is 0 Å². The number of anilines is 2. The third kappa shape index (κ3) is 6.60. The second kappa shape index (κ2) is 12.3. The number of nitrogens with one attached hydrogen (secondary N) is 2. The SMILES string of the molecule is O=C(Nc1ccccn1)c1ccc(-c2ccc(Sc3ccc(-c4ccc(C(=O)Nc5ccccn5)s4)cc3)cc2)s1. The van der Waals surface area contributed by atoms with Gasteiger partial charge in [0.2, 0.25) is 0 Å². The maximum atomic E-state index is 12.6. The van der Waals surface area contributed by atoms with Gasteiger partial charge in [0.25, 0.3) is 11.8 Å². The van der Waals surface area contributed by atoms with Gasteiger partial charge in [-0.3, -0.25) is 9.59 Å². The number of carbonyl (C=O) groups is 2. The maximum absolute atomic E-state index is 12.6. The highest BCUT2D eigenvalue weighted by molar-refractivity contribution is 7.99. The number of hydrogen-bond donors (Lipinski definition) is 2. The number of benzene rings is 2. The van der Waals surface area contributed by atoms with Gasteiger partial charge in [-0.1, -0.05) is 48.2 Å². The van der Waals surface area contributed by atoms with Crippen LogP contribution in [0.4, 0.5) is 11.6 Å². The monoisotopic (exact) mass is 590 g/mol. The van der Waals surface area contributed by atoms with Crippen molar-refractivity contribution in [1.82, 2.24) is 9.97 Å². The molecule has 0 aliphatic rings. The highest BCUT2D eigenvalue weighted by Gasteiger charge is 2.13. The van der Waals surface area contributed by atoms with E-state index in [0.717, 1.165) is 30.7 Å². The Kier molecular flexibility index (Phi) is 7.99. The highest BCUT2D eigenvalue weighted by atomic mass is 32.2. The van der Waals surface area contributed by atoms with Crippen LogP contribution in [0.15, 0.2) is 131 Å². The molecule has 6 aromatic rings.